The molecule has 0 spiro atoms. The first-order valence-electron chi connectivity index (χ1n) is 11.3. The van der Waals surface area contributed by atoms with Crippen molar-refractivity contribution >= 4 is 10.9 Å². The van der Waals surface area contributed by atoms with Gasteiger partial charge in [0.15, 0.2) is 0 Å². The molecular weight excluding hydrogens is 563 g/mol. The Balaban J connectivity index is 0.000000176. The molecule has 31 heavy (non-hydrogen) atoms. The molecule has 4 unspecified atom stereocenters. The van der Waals surface area contributed by atoms with Crippen molar-refractivity contribution in [2.45, 2.75) is 64.1 Å². The Morgan fingerprint density at radius 1 is 0.871 bits per heavy atom. The van der Waals surface area contributed by atoms with Crippen LogP contribution in [0, 0.1) is 24.8 Å². The average Bonchev–Trinajstić information content (AvgIpc) is 2.97. The monoisotopic (exact) mass is 595 g/mol. The molecule has 2 aliphatic rings. The summed E-state index contributed by atoms with van der Waals surface area (Å²) in [6.45, 7) is 2.12. The predicted octanol–water partition coefficient (Wildman–Crippen LogP) is 5.71. The maximum Gasteiger partial charge on any atom is 0.0597 e. The summed E-state index contributed by atoms with van der Waals surface area (Å²) in [7, 11) is 0. The topological polar surface area (TPSA) is 53.4 Å². The normalized spacial score (nSPS) is 25.4. The van der Waals surface area contributed by atoms with Gasteiger partial charge in [-0.1, -0.05) is 43.5 Å². The van der Waals surface area contributed by atoms with Crippen LogP contribution < -0.4 is 0 Å². The van der Waals surface area contributed by atoms with Crippen LogP contribution in [0.4, 0.5) is 0 Å². The third-order valence-corrected chi connectivity index (χ3v) is 6.74. The fourth-order valence-electron chi connectivity index (χ4n) is 5.19. The summed E-state index contributed by atoms with van der Waals surface area (Å²) >= 11 is 0. The Bertz CT molecular complexity index is 962. The van der Waals surface area contributed by atoms with Crippen molar-refractivity contribution in [2.75, 3.05) is 0 Å². The van der Waals surface area contributed by atoms with E-state index in [0.717, 1.165) is 42.5 Å². The molecule has 0 bridgehead atoms. The van der Waals surface area contributed by atoms with Crippen LogP contribution in [0.5, 0.6) is 0 Å². The molecule has 3 nitrogen and oxygen atoms in total. The van der Waals surface area contributed by atoms with Crippen molar-refractivity contribution in [1.82, 2.24) is 4.98 Å². The molecule has 1 heterocycles. The van der Waals surface area contributed by atoms with E-state index < -0.39 is 0 Å². The maximum absolute atomic E-state index is 9.89. The van der Waals surface area contributed by atoms with Crippen LogP contribution in [0.25, 0.3) is 22.2 Å². The van der Waals surface area contributed by atoms with Crippen molar-refractivity contribution in [3.8, 4) is 11.3 Å². The molecule has 2 N–H and O–H groups in total. The van der Waals surface area contributed by atoms with Gasteiger partial charge >= 0.3 is 0 Å². The van der Waals surface area contributed by atoms with E-state index in [2.05, 4.69) is 36.2 Å². The van der Waals surface area contributed by atoms with Gasteiger partial charge in [0.2, 0.25) is 0 Å². The van der Waals surface area contributed by atoms with E-state index in [1.54, 1.807) is 0 Å². The number of aliphatic hydroxyl groups excluding tert-OH is 2. The number of hydrogen-bond donors (Lipinski definition) is 2. The first-order chi connectivity index (χ1) is 14.6. The number of rotatable bonds is 1. The fraction of sp³-hybridized carbons (Fsp3) is 0.444. The summed E-state index contributed by atoms with van der Waals surface area (Å²) in [6, 6.07) is 21.5. The van der Waals surface area contributed by atoms with Crippen molar-refractivity contribution in [2.24, 2.45) is 11.8 Å². The molecular formula is C27H32IrNO2-. The molecule has 4 heteroatoms. The van der Waals surface area contributed by atoms with Crippen molar-refractivity contribution in [3.63, 3.8) is 0 Å². The van der Waals surface area contributed by atoms with E-state index in [1.807, 2.05) is 36.4 Å². The van der Waals surface area contributed by atoms with Gasteiger partial charge in [-0.15, -0.1) is 35.9 Å². The van der Waals surface area contributed by atoms with E-state index in [1.165, 1.54) is 30.2 Å². The number of hydrogen-bond acceptors (Lipinski definition) is 3. The van der Waals surface area contributed by atoms with Crippen LogP contribution >= 0.6 is 0 Å². The van der Waals surface area contributed by atoms with Gasteiger partial charge in [-0.05, 0) is 55.8 Å². The third-order valence-electron chi connectivity index (χ3n) is 6.74. The second-order valence-corrected chi connectivity index (χ2v) is 8.81. The summed E-state index contributed by atoms with van der Waals surface area (Å²) in [5.74, 6) is 0.789. The van der Waals surface area contributed by atoms with Gasteiger partial charge in [0, 0.05) is 31.4 Å². The Labute approximate surface area is 199 Å². The Kier molecular flexibility index (Phi) is 8.80. The van der Waals surface area contributed by atoms with Gasteiger partial charge in [-0.2, -0.15) is 0 Å². The standard InChI is InChI=1S/C16H12N.C11H20O2.Ir/c1-12-11-16(13-7-3-2-4-8-13)17-15-10-6-5-9-14(12)15;12-9-6-2-1-4-8-5-3-7-10(13)11(8)9;/h2-7,9-11H,1H3;8-13H,1-7H2;/q-1;;. The molecule has 0 saturated heterocycles. The minimum atomic E-state index is -0.234. The van der Waals surface area contributed by atoms with E-state index in [0.29, 0.717) is 5.92 Å². The predicted molar refractivity (Wildman–Crippen MR) is 122 cm³/mol. The smallest absolute Gasteiger partial charge is 0.0597 e. The van der Waals surface area contributed by atoms with Crippen molar-refractivity contribution in [1.29, 1.82) is 0 Å². The van der Waals surface area contributed by atoms with Crippen LogP contribution in [0.3, 0.4) is 0 Å². The summed E-state index contributed by atoms with van der Waals surface area (Å²) in [5, 5.41) is 20.9. The molecule has 4 atom stereocenters. The SMILES string of the molecule is Cc1cc(-c2[c-]cccc2)nc2ccccc12.OC1CCCCC2CCCC(O)C12.[Ir]. The minimum Gasteiger partial charge on any atom is -0.393 e. The van der Waals surface area contributed by atoms with Crippen LogP contribution in [0.1, 0.15) is 50.5 Å². The number of pyridine rings is 1. The first kappa shape index (κ1) is 24.1. The van der Waals surface area contributed by atoms with Gasteiger partial charge < -0.3 is 10.2 Å². The quantitative estimate of drug-likeness (QED) is 0.355. The molecule has 2 aliphatic carbocycles. The van der Waals surface area contributed by atoms with Gasteiger partial charge in [0.1, 0.15) is 0 Å². The number of para-hydroxylation sites is 1. The zero-order chi connectivity index (χ0) is 20.9. The molecule has 2 aromatic carbocycles. The zero-order valence-electron chi connectivity index (χ0n) is 18.1. The minimum absolute atomic E-state index is 0. The molecule has 1 radical (unpaired) electrons. The number of fused-ring (bicyclic) bond motifs is 2. The van der Waals surface area contributed by atoms with Crippen LogP contribution in [0.15, 0.2) is 54.6 Å². The molecule has 1 aromatic heterocycles. The summed E-state index contributed by atoms with van der Waals surface area (Å²) in [4.78, 5) is 4.68. The third kappa shape index (κ3) is 5.81. The Hall–Kier alpha value is -1.58. The fourth-order valence-corrected chi connectivity index (χ4v) is 5.19. The number of nitrogens with zero attached hydrogens (tertiary/aromatic N) is 1. The van der Waals surface area contributed by atoms with E-state index in [4.69, 9.17) is 0 Å². The van der Waals surface area contributed by atoms with Gasteiger partial charge in [-0.25, -0.2) is 0 Å². The summed E-state index contributed by atoms with van der Waals surface area (Å²) < 4.78 is 0. The number of aliphatic hydroxyl groups is 2. The number of aryl methyl sites for hydroxylation is 1. The number of aromatic nitrogens is 1. The Morgan fingerprint density at radius 2 is 1.55 bits per heavy atom. The van der Waals surface area contributed by atoms with Crippen LogP contribution in [-0.2, 0) is 20.1 Å². The summed E-state index contributed by atoms with van der Waals surface area (Å²) in [5.41, 5.74) is 4.32. The first-order valence-corrected chi connectivity index (χ1v) is 11.3. The zero-order valence-corrected chi connectivity index (χ0v) is 20.5. The van der Waals surface area contributed by atoms with Crippen LogP contribution in [-0.4, -0.2) is 27.4 Å². The largest absolute Gasteiger partial charge is 0.393 e. The van der Waals surface area contributed by atoms with E-state index in [-0.39, 0.29) is 38.2 Å². The van der Waals surface area contributed by atoms with Crippen LogP contribution in [0.2, 0.25) is 0 Å². The van der Waals surface area contributed by atoms with Gasteiger partial charge in [0.25, 0.3) is 0 Å². The molecule has 0 aliphatic heterocycles. The van der Waals surface area contributed by atoms with Crippen molar-refractivity contribution in [3.05, 3.63) is 66.2 Å². The van der Waals surface area contributed by atoms with Gasteiger partial charge in [-0.3, -0.25) is 4.98 Å². The molecule has 167 valence electrons. The second-order valence-electron chi connectivity index (χ2n) is 8.81. The maximum atomic E-state index is 9.89. The molecule has 2 fully saturated rings. The molecule has 0 amide bonds. The second kappa shape index (κ2) is 11.3. The summed E-state index contributed by atoms with van der Waals surface area (Å²) in [6.07, 6.45) is 7.31. The van der Waals surface area contributed by atoms with E-state index in [9.17, 15) is 10.2 Å². The Morgan fingerprint density at radius 3 is 2.32 bits per heavy atom. The average molecular weight is 595 g/mol. The van der Waals surface area contributed by atoms with E-state index >= 15 is 0 Å². The number of benzene rings is 2. The van der Waals surface area contributed by atoms with Crippen molar-refractivity contribution < 1.29 is 30.3 Å². The molecule has 5 rings (SSSR count). The molecule has 2 saturated carbocycles. The van der Waals surface area contributed by atoms with Gasteiger partial charge in [0.05, 0.1) is 17.7 Å². The molecule has 3 aromatic rings.